The van der Waals surface area contributed by atoms with Crippen molar-refractivity contribution in [1.29, 1.82) is 0 Å². The lowest BCUT2D eigenvalue weighted by Gasteiger charge is -2.39. The Morgan fingerprint density at radius 1 is 1.17 bits per heavy atom. The lowest BCUT2D eigenvalue weighted by molar-refractivity contribution is 0.0753. The molecule has 1 aromatic rings. The molecule has 0 atom stereocenters. The third-order valence-electron chi connectivity index (χ3n) is 5.96. The van der Waals surface area contributed by atoms with Gasteiger partial charge in [0.2, 0.25) is 0 Å². The highest BCUT2D eigenvalue weighted by Gasteiger charge is 2.42. The Morgan fingerprint density at radius 2 is 1.79 bits per heavy atom. The fraction of sp³-hybridized carbons (Fsp3) is 0.650. The van der Waals surface area contributed by atoms with Gasteiger partial charge in [0, 0.05) is 70.8 Å². The number of hydrogen-bond acceptors (Lipinski definition) is 5. The van der Waals surface area contributed by atoms with E-state index in [0.717, 1.165) is 43.7 Å². The molecule has 2 aliphatic heterocycles. The molecule has 1 N–H and O–H groups in total. The molecule has 3 rings (SSSR count). The van der Waals surface area contributed by atoms with E-state index in [1.165, 1.54) is 11.8 Å². The molecule has 0 aliphatic carbocycles. The van der Waals surface area contributed by atoms with Crippen molar-refractivity contribution in [2.45, 2.75) is 24.1 Å². The normalized spacial score (nSPS) is 21.2. The molecule has 9 heteroatoms. The summed E-state index contributed by atoms with van der Waals surface area (Å²) in [5, 5.41) is 4.09. The molecular weight excluding hydrogens is 412 g/mol. The smallest absolute Gasteiger partial charge is 0.193 e. The molecule has 1 aromatic carbocycles. The van der Waals surface area contributed by atoms with Gasteiger partial charge in [0.25, 0.3) is 0 Å². The van der Waals surface area contributed by atoms with Gasteiger partial charge in [-0.2, -0.15) is 0 Å². The van der Waals surface area contributed by atoms with E-state index in [2.05, 4.69) is 32.2 Å². The predicted molar refractivity (Wildman–Crippen MR) is 117 cm³/mol. The van der Waals surface area contributed by atoms with Gasteiger partial charge in [0.15, 0.2) is 15.8 Å². The predicted octanol–water partition coefficient (Wildman–Crippen LogP) is 1.63. The van der Waals surface area contributed by atoms with Gasteiger partial charge in [-0.1, -0.05) is 23.7 Å². The van der Waals surface area contributed by atoms with Crippen molar-refractivity contribution < 1.29 is 13.2 Å². The number of nitrogens with zero attached hydrogens (tertiary/aromatic N) is 3. The molecule has 0 amide bonds. The average Bonchev–Trinajstić information content (AvgIpc) is 2.71. The Kier molecular flexibility index (Phi) is 7.42. The number of guanidine groups is 1. The zero-order valence-corrected chi connectivity index (χ0v) is 18.8. The van der Waals surface area contributed by atoms with Crippen LogP contribution in [0.1, 0.15) is 18.4 Å². The van der Waals surface area contributed by atoms with E-state index >= 15 is 0 Å². The first-order valence-electron chi connectivity index (χ1n) is 10.0. The van der Waals surface area contributed by atoms with Crippen molar-refractivity contribution in [2.24, 2.45) is 4.99 Å². The molecule has 2 fully saturated rings. The van der Waals surface area contributed by atoms with Crippen molar-refractivity contribution in [3.8, 4) is 0 Å². The van der Waals surface area contributed by atoms with Crippen LogP contribution in [0, 0.1) is 0 Å². The van der Waals surface area contributed by atoms with E-state index in [1.807, 2.05) is 12.1 Å². The van der Waals surface area contributed by atoms with Crippen LogP contribution in [-0.4, -0.2) is 88.2 Å². The van der Waals surface area contributed by atoms with E-state index in [0.29, 0.717) is 32.6 Å². The minimum absolute atomic E-state index is 0.368. The van der Waals surface area contributed by atoms with Crippen LogP contribution in [0.2, 0.25) is 5.02 Å². The number of rotatable bonds is 5. The molecule has 0 aromatic heterocycles. The van der Waals surface area contributed by atoms with Crippen LogP contribution in [0.5, 0.6) is 0 Å². The SMILES string of the molecule is CN=C(NCC1(S(C)(=O)=O)CCOCC1)N1CCN(Cc2ccc(Cl)cc2)CC1. The number of aliphatic imine (C=N–C) groups is 1. The summed E-state index contributed by atoms with van der Waals surface area (Å²) in [4.78, 5) is 9.01. The van der Waals surface area contributed by atoms with Gasteiger partial charge < -0.3 is 15.0 Å². The Hall–Kier alpha value is -1.35. The fourth-order valence-corrected chi connectivity index (χ4v) is 5.33. The van der Waals surface area contributed by atoms with Crippen molar-refractivity contribution in [1.82, 2.24) is 15.1 Å². The first-order valence-corrected chi connectivity index (χ1v) is 12.3. The third-order valence-corrected chi connectivity index (χ3v) is 8.34. The van der Waals surface area contributed by atoms with Gasteiger partial charge >= 0.3 is 0 Å². The molecule has 0 radical (unpaired) electrons. The van der Waals surface area contributed by atoms with Gasteiger partial charge in [-0.25, -0.2) is 8.42 Å². The molecule has 0 bridgehead atoms. The van der Waals surface area contributed by atoms with Crippen LogP contribution in [0.4, 0.5) is 0 Å². The second-order valence-electron chi connectivity index (χ2n) is 7.86. The third kappa shape index (κ3) is 5.63. The molecule has 2 saturated heterocycles. The topological polar surface area (TPSA) is 74.2 Å². The number of nitrogens with one attached hydrogen (secondary N) is 1. The van der Waals surface area contributed by atoms with Gasteiger partial charge in [-0.15, -0.1) is 0 Å². The Balaban J connectivity index is 1.54. The molecule has 2 heterocycles. The minimum atomic E-state index is -3.20. The van der Waals surface area contributed by atoms with Crippen molar-refractivity contribution in [2.75, 3.05) is 59.2 Å². The molecule has 29 heavy (non-hydrogen) atoms. The summed E-state index contributed by atoms with van der Waals surface area (Å²) in [6.07, 6.45) is 2.37. The Labute approximate surface area is 179 Å². The van der Waals surface area contributed by atoms with Crippen LogP contribution < -0.4 is 5.32 Å². The summed E-state index contributed by atoms with van der Waals surface area (Å²) >= 11 is 5.96. The van der Waals surface area contributed by atoms with Crippen molar-refractivity contribution >= 4 is 27.4 Å². The van der Waals surface area contributed by atoms with Crippen LogP contribution in [-0.2, 0) is 21.1 Å². The summed E-state index contributed by atoms with van der Waals surface area (Å²) in [5.74, 6) is 0.769. The Bertz CT molecular complexity index is 800. The quantitative estimate of drug-likeness (QED) is 0.551. The van der Waals surface area contributed by atoms with Crippen molar-refractivity contribution in [3.63, 3.8) is 0 Å². The van der Waals surface area contributed by atoms with Crippen LogP contribution in [0.15, 0.2) is 29.3 Å². The molecule has 0 unspecified atom stereocenters. The number of hydrogen-bond donors (Lipinski definition) is 1. The number of sulfone groups is 1. The molecule has 7 nitrogen and oxygen atoms in total. The molecule has 0 spiro atoms. The first-order chi connectivity index (χ1) is 13.8. The van der Waals surface area contributed by atoms with Gasteiger partial charge in [-0.3, -0.25) is 9.89 Å². The largest absolute Gasteiger partial charge is 0.381 e. The highest BCUT2D eigenvalue weighted by molar-refractivity contribution is 7.92. The molecule has 2 aliphatic rings. The number of benzene rings is 1. The Morgan fingerprint density at radius 3 is 2.34 bits per heavy atom. The van der Waals surface area contributed by atoms with Crippen LogP contribution >= 0.6 is 11.6 Å². The lowest BCUT2D eigenvalue weighted by Crippen LogP contribution is -2.57. The lowest BCUT2D eigenvalue weighted by atomic mass is 9.99. The van der Waals surface area contributed by atoms with Gasteiger partial charge in [0.1, 0.15) is 0 Å². The standard InChI is InChI=1S/C20H31ClN4O3S/c1-22-19(23-16-20(29(2,26)27)7-13-28-14-8-20)25-11-9-24(10-12-25)15-17-3-5-18(21)6-4-17/h3-6H,7-16H2,1-2H3,(H,22,23). The monoisotopic (exact) mass is 442 g/mol. The second-order valence-corrected chi connectivity index (χ2v) is 10.7. The summed E-state index contributed by atoms with van der Waals surface area (Å²) in [5.41, 5.74) is 1.25. The summed E-state index contributed by atoms with van der Waals surface area (Å²) in [7, 11) is -1.45. The van der Waals surface area contributed by atoms with Crippen LogP contribution in [0.3, 0.4) is 0 Å². The molecular formula is C20H31ClN4O3S. The maximum atomic E-state index is 12.5. The summed E-state index contributed by atoms with van der Waals surface area (Å²) in [6, 6.07) is 7.97. The molecule has 0 saturated carbocycles. The van der Waals surface area contributed by atoms with Crippen LogP contribution in [0.25, 0.3) is 0 Å². The van der Waals surface area contributed by atoms with Gasteiger partial charge in [0.05, 0.1) is 4.75 Å². The summed E-state index contributed by atoms with van der Waals surface area (Å²) in [6.45, 7) is 5.78. The van der Waals surface area contributed by atoms with E-state index in [1.54, 1.807) is 7.05 Å². The number of halogens is 1. The van der Waals surface area contributed by atoms with E-state index in [-0.39, 0.29) is 0 Å². The van der Waals surface area contributed by atoms with E-state index in [9.17, 15) is 8.42 Å². The first kappa shape index (κ1) is 22.3. The zero-order chi connectivity index (χ0) is 20.9. The van der Waals surface area contributed by atoms with Crippen molar-refractivity contribution in [3.05, 3.63) is 34.9 Å². The number of piperazine rings is 1. The minimum Gasteiger partial charge on any atom is -0.381 e. The average molecular weight is 443 g/mol. The number of ether oxygens (including phenoxy) is 1. The fourth-order valence-electron chi connectivity index (χ4n) is 3.96. The highest BCUT2D eigenvalue weighted by atomic mass is 35.5. The molecule has 162 valence electrons. The second kappa shape index (κ2) is 9.64. The van der Waals surface area contributed by atoms with E-state index < -0.39 is 14.6 Å². The maximum absolute atomic E-state index is 12.5. The highest BCUT2D eigenvalue weighted by Crippen LogP contribution is 2.28. The maximum Gasteiger partial charge on any atom is 0.193 e. The zero-order valence-electron chi connectivity index (χ0n) is 17.2. The summed E-state index contributed by atoms with van der Waals surface area (Å²) < 4.78 is 29.5. The van der Waals surface area contributed by atoms with Gasteiger partial charge in [-0.05, 0) is 30.5 Å². The van der Waals surface area contributed by atoms with E-state index in [4.69, 9.17) is 16.3 Å².